The van der Waals surface area contributed by atoms with E-state index in [1.165, 1.54) is 5.56 Å². The summed E-state index contributed by atoms with van der Waals surface area (Å²) in [5.74, 6) is 0.858. The zero-order valence-corrected chi connectivity index (χ0v) is 14.2. The van der Waals surface area contributed by atoms with Gasteiger partial charge in [-0.05, 0) is 17.9 Å². The van der Waals surface area contributed by atoms with E-state index in [9.17, 15) is 4.79 Å². The molecular weight excluding hydrogens is 284 g/mol. The van der Waals surface area contributed by atoms with Crippen molar-refractivity contribution < 1.29 is 9.28 Å². The van der Waals surface area contributed by atoms with Crippen molar-refractivity contribution in [2.24, 2.45) is 11.3 Å². The van der Waals surface area contributed by atoms with Gasteiger partial charge in [-0.1, -0.05) is 42.5 Å². The maximum absolute atomic E-state index is 13.5. The molecule has 1 amide bonds. The molecule has 2 saturated heterocycles. The molecule has 3 heteroatoms. The Morgan fingerprint density at radius 3 is 2.83 bits per heavy atom. The lowest BCUT2D eigenvalue weighted by atomic mass is 9.62. The Balaban J connectivity index is 1.66. The summed E-state index contributed by atoms with van der Waals surface area (Å²) in [6.07, 6.45) is 7.89. The molecule has 0 saturated carbocycles. The van der Waals surface area contributed by atoms with E-state index in [-0.39, 0.29) is 5.41 Å². The number of hydrogen-bond donors (Lipinski definition) is 0. The number of hydrogen-bond acceptors (Lipinski definition) is 1. The van der Waals surface area contributed by atoms with Crippen molar-refractivity contribution in [3.05, 3.63) is 48.0 Å². The van der Waals surface area contributed by atoms with Crippen LogP contribution in [0.15, 0.2) is 42.5 Å². The average molecular weight is 311 g/mol. The normalized spacial score (nSPS) is 35.0. The van der Waals surface area contributed by atoms with Crippen molar-refractivity contribution in [1.29, 1.82) is 0 Å². The highest BCUT2D eigenvalue weighted by atomic mass is 16.2. The van der Waals surface area contributed by atoms with E-state index in [1.807, 2.05) is 6.07 Å². The zero-order chi connectivity index (χ0) is 16.1. The van der Waals surface area contributed by atoms with E-state index >= 15 is 0 Å². The number of nitrogens with zero attached hydrogens (tertiary/aromatic N) is 2. The van der Waals surface area contributed by atoms with Gasteiger partial charge < -0.3 is 9.38 Å². The molecule has 0 radical (unpaired) electrons. The van der Waals surface area contributed by atoms with Crippen molar-refractivity contribution >= 4 is 5.91 Å². The van der Waals surface area contributed by atoms with Crippen molar-refractivity contribution in [2.45, 2.75) is 31.8 Å². The van der Waals surface area contributed by atoms with Gasteiger partial charge in [0.1, 0.15) is 11.5 Å². The van der Waals surface area contributed by atoms with Gasteiger partial charge in [0.2, 0.25) is 5.91 Å². The third-order valence-electron chi connectivity index (χ3n) is 6.54. The Morgan fingerprint density at radius 1 is 1.26 bits per heavy atom. The fourth-order valence-electron chi connectivity index (χ4n) is 5.30. The zero-order valence-electron chi connectivity index (χ0n) is 14.2. The molecule has 1 spiro atoms. The van der Waals surface area contributed by atoms with Crippen molar-refractivity contribution in [1.82, 2.24) is 4.90 Å². The fourth-order valence-corrected chi connectivity index (χ4v) is 5.30. The van der Waals surface area contributed by atoms with Gasteiger partial charge in [0.05, 0.1) is 20.6 Å². The molecule has 0 N–H and O–H groups in total. The first-order chi connectivity index (χ1) is 11.0. The number of quaternary nitrogens is 1. The molecule has 2 aliphatic heterocycles. The molecule has 3 atom stereocenters. The van der Waals surface area contributed by atoms with Gasteiger partial charge in [0.25, 0.3) is 0 Å². The molecule has 122 valence electrons. The summed E-state index contributed by atoms with van der Waals surface area (Å²) in [7, 11) is 4.61. The van der Waals surface area contributed by atoms with Crippen molar-refractivity contribution in [2.75, 3.05) is 27.2 Å². The third-order valence-corrected chi connectivity index (χ3v) is 6.54. The summed E-state index contributed by atoms with van der Waals surface area (Å²) < 4.78 is 0.992. The average Bonchev–Trinajstić information content (AvgIpc) is 2.84. The minimum Gasteiger partial charge on any atom is -0.338 e. The molecule has 1 aromatic rings. The summed E-state index contributed by atoms with van der Waals surface area (Å²) in [6.45, 7) is 2.77. The van der Waals surface area contributed by atoms with Crippen LogP contribution in [0, 0.1) is 11.3 Å². The van der Waals surface area contributed by atoms with Gasteiger partial charge in [-0.3, -0.25) is 4.79 Å². The quantitative estimate of drug-likeness (QED) is 0.607. The van der Waals surface area contributed by atoms with Gasteiger partial charge in [0, 0.05) is 25.9 Å². The summed E-state index contributed by atoms with van der Waals surface area (Å²) in [5.41, 5.74) is 1.09. The molecular formula is C20H27N2O+. The first kappa shape index (κ1) is 14.9. The molecule has 1 aliphatic carbocycles. The molecule has 2 heterocycles. The number of carbonyl (C=O) groups is 1. The van der Waals surface area contributed by atoms with Crippen LogP contribution in [0.25, 0.3) is 0 Å². The SMILES string of the molecule is C[N+]1(C)CC[C@]23C(=O)N(Cc4ccccc4)CCC2C=CC[C@@H]31. The van der Waals surface area contributed by atoms with Crippen LogP contribution < -0.4 is 0 Å². The predicted octanol–water partition coefficient (Wildman–Crippen LogP) is 2.83. The lowest BCUT2D eigenvalue weighted by Gasteiger charge is -2.49. The molecule has 4 rings (SSSR count). The fraction of sp³-hybridized carbons (Fsp3) is 0.550. The largest absolute Gasteiger partial charge is 0.338 e. The van der Waals surface area contributed by atoms with Crippen LogP contribution in [0.4, 0.5) is 0 Å². The van der Waals surface area contributed by atoms with Crippen LogP contribution in [0.2, 0.25) is 0 Å². The van der Waals surface area contributed by atoms with E-state index in [1.54, 1.807) is 0 Å². The Morgan fingerprint density at radius 2 is 2.04 bits per heavy atom. The minimum atomic E-state index is -0.148. The first-order valence-electron chi connectivity index (χ1n) is 8.87. The summed E-state index contributed by atoms with van der Waals surface area (Å²) in [4.78, 5) is 15.7. The topological polar surface area (TPSA) is 20.3 Å². The minimum absolute atomic E-state index is 0.148. The Bertz CT molecular complexity index is 636. The van der Waals surface area contributed by atoms with Crippen molar-refractivity contribution in [3.8, 4) is 0 Å². The maximum atomic E-state index is 13.5. The highest BCUT2D eigenvalue weighted by Crippen LogP contribution is 2.54. The Labute approximate surface area is 139 Å². The molecule has 0 aromatic heterocycles. The van der Waals surface area contributed by atoms with E-state index in [0.717, 1.165) is 43.4 Å². The molecule has 3 aliphatic rings. The van der Waals surface area contributed by atoms with Crippen molar-refractivity contribution in [3.63, 3.8) is 0 Å². The predicted molar refractivity (Wildman–Crippen MR) is 91.5 cm³/mol. The Kier molecular flexibility index (Phi) is 3.38. The molecule has 1 unspecified atom stereocenters. The van der Waals surface area contributed by atoms with Gasteiger partial charge in [-0.25, -0.2) is 0 Å². The summed E-state index contributed by atoms with van der Waals surface area (Å²) in [6, 6.07) is 10.9. The van der Waals surface area contributed by atoms with Crippen LogP contribution >= 0.6 is 0 Å². The number of benzene rings is 1. The van der Waals surface area contributed by atoms with Crippen LogP contribution in [-0.2, 0) is 11.3 Å². The van der Waals surface area contributed by atoms with Gasteiger partial charge in [-0.2, -0.15) is 0 Å². The van der Waals surface area contributed by atoms with Gasteiger partial charge in [-0.15, -0.1) is 0 Å². The third kappa shape index (κ3) is 2.17. The molecule has 2 fully saturated rings. The number of rotatable bonds is 2. The highest BCUT2D eigenvalue weighted by Gasteiger charge is 2.64. The highest BCUT2D eigenvalue weighted by molar-refractivity contribution is 5.85. The second kappa shape index (κ2) is 5.20. The van der Waals surface area contributed by atoms with Crippen LogP contribution in [0.3, 0.4) is 0 Å². The van der Waals surface area contributed by atoms with E-state index in [0.29, 0.717) is 17.9 Å². The van der Waals surface area contributed by atoms with Gasteiger partial charge >= 0.3 is 0 Å². The summed E-state index contributed by atoms with van der Waals surface area (Å²) >= 11 is 0. The lowest BCUT2D eigenvalue weighted by molar-refractivity contribution is -0.905. The lowest BCUT2D eigenvalue weighted by Crippen LogP contribution is -2.61. The van der Waals surface area contributed by atoms with Crippen LogP contribution in [0.5, 0.6) is 0 Å². The summed E-state index contributed by atoms with van der Waals surface area (Å²) in [5, 5.41) is 0. The van der Waals surface area contributed by atoms with Crippen LogP contribution in [-0.4, -0.2) is 48.5 Å². The number of likely N-dealkylation sites (tertiary alicyclic amines) is 2. The molecule has 3 nitrogen and oxygen atoms in total. The van der Waals surface area contributed by atoms with E-state index in [4.69, 9.17) is 0 Å². The number of carbonyl (C=O) groups excluding carboxylic acids is 1. The second-order valence-electron chi connectivity index (χ2n) is 8.08. The first-order valence-corrected chi connectivity index (χ1v) is 8.87. The standard InChI is InChI=1S/C20H27N2O/c1-22(2)14-12-20-17(9-6-10-18(20)22)11-13-21(19(20)23)15-16-7-4-3-5-8-16/h3-9,17-18H,10-15H2,1-2H3/q+1/t17?,18-,20-/m0/s1. The number of amides is 1. The van der Waals surface area contributed by atoms with E-state index < -0.39 is 0 Å². The van der Waals surface area contributed by atoms with E-state index in [2.05, 4.69) is 55.4 Å². The molecule has 23 heavy (non-hydrogen) atoms. The smallest absolute Gasteiger partial charge is 0.235 e. The van der Waals surface area contributed by atoms with Crippen LogP contribution in [0.1, 0.15) is 24.8 Å². The van der Waals surface area contributed by atoms with Gasteiger partial charge in [0.15, 0.2) is 0 Å². The Hall–Kier alpha value is -1.61. The maximum Gasteiger partial charge on any atom is 0.235 e. The molecule has 1 aromatic carbocycles. The number of allylic oxidation sites excluding steroid dienone is 1. The molecule has 0 bridgehead atoms. The number of piperidine rings is 1. The second-order valence-corrected chi connectivity index (χ2v) is 8.08. The monoisotopic (exact) mass is 311 g/mol.